The van der Waals surface area contributed by atoms with Gasteiger partial charge >= 0.3 is 5.91 Å². The highest BCUT2D eigenvalue weighted by Crippen LogP contribution is 2.15. The molecule has 2 aromatic carbocycles. The van der Waals surface area contributed by atoms with Crippen molar-refractivity contribution in [1.29, 1.82) is 0 Å². The van der Waals surface area contributed by atoms with Crippen LogP contribution >= 0.6 is 0 Å². The van der Waals surface area contributed by atoms with E-state index in [1.54, 1.807) is 6.07 Å². The maximum atomic E-state index is 12.2. The van der Waals surface area contributed by atoms with E-state index >= 15 is 0 Å². The van der Waals surface area contributed by atoms with Gasteiger partial charge in [-0.05, 0) is 41.8 Å². The number of aryl methyl sites for hydroxylation is 1. The van der Waals surface area contributed by atoms with Gasteiger partial charge in [0.1, 0.15) is 18.1 Å². The predicted molar refractivity (Wildman–Crippen MR) is 112 cm³/mol. The number of nitrogens with zero attached hydrogens (tertiary/aromatic N) is 1. The van der Waals surface area contributed by atoms with Gasteiger partial charge in [0.05, 0.1) is 0 Å². The Balaban J connectivity index is 1.23. The van der Waals surface area contributed by atoms with Crippen molar-refractivity contribution in [3.8, 4) is 5.75 Å². The molecule has 0 saturated heterocycles. The number of carbonyl (C=O) groups is 2. The number of ether oxygens (including phenoxy) is 1. The molecule has 0 aliphatic rings. The van der Waals surface area contributed by atoms with Crippen molar-refractivity contribution in [2.45, 2.75) is 19.6 Å². The number of hydrazine groups is 1. The lowest BCUT2D eigenvalue weighted by atomic mass is 10.2. The molecule has 0 spiro atoms. The SMILES string of the molecule is O=C(CCn1ccc2ccccc21)NNC(=O)c1ccc(COc2ccccc2)o1. The van der Waals surface area contributed by atoms with Crippen LogP contribution in [0.25, 0.3) is 10.9 Å². The topological polar surface area (TPSA) is 85.5 Å². The van der Waals surface area contributed by atoms with Crippen LogP contribution in [0.4, 0.5) is 0 Å². The molecule has 152 valence electrons. The van der Waals surface area contributed by atoms with Crippen LogP contribution in [-0.4, -0.2) is 16.4 Å². The minimum absolute atomic E-state index is 0.0957. The van der Waals surface area contributed by atoms with Gasteiger partial charge in [-0.2, -0.15) is 0 Å². The average molecular weight is 403 g/mol. The van der Waals surface area contributed by atoms with E-state index in [2.05, 4.69) is 10.9 Å². The van der Waals surface area contributed by atoms with E-state index in [-0.39, 0.29) is 24.7 Å². The lowest BCUT2D eigenvalue weighted by Crippen LogP contribution is -2.41. The summed E-state index contributed by atoms with van der Waals surface area (Å²) in [7, 11) is 0. The average Bonchev–Trinajstić information content (AvgIpc) is 3.42. The number of nitrogens with one attached hydrogen (secondary N) is 2. The number of carbonyl (C=O) groups excluding carboxylic acids is 2. The third-order valence-electron chi connectivity index (χ3n) is 4.59. The number of para-hydroxylation sites is 2. The summed E-state index contributed by atoms with van der Waals surface area (Å²) in [5, 5.41) is 1.12. The molecule has 0 aliphatic heterocycles. The summed E-state index contributed by atoms with van der Waals surface area (Å²) in [4.78, 5) is 24.3. The van der Waals surface area contributed by atoms with Crippen LogP contribution in [0.15, 0.2) is 83.4 Å². The lowest BCUT2D eigenvalue weighted by molar-refractivity contribution is -0.122. The number of hydrogen-bond acceptors (Lipinski definition) is 4. The van der Waals surface area contributed by atoms with Crippen LogP contribution in [0.1, 0.15) is 22.7 Å². The van der Waals surface area contributed by atoms with Crippen molar-refractivity contribution < 1.29 is 18.7 Å². The van der Waals surface area contributed by atoms with Crippen LogP contribution in [0, 0.1) is 0 Å². The highest BCUT2D eigenvalue weighted by Gasteiger charge is 2.13. The zero-order chi connectivity index (χ0) is 20.8. The van der Waals surface area contributed by atoms with E-state index < -0.39 is 5.91 Å². The smallest absolute Gasteiger partial charge is 0.305 e. The number of benzene rings is 2. The number of rotatable bonds is 7. The Morgan fingerprint density at radius 3 is 2.57 bits per heavy atom. The molecule has 2 N–H and O–H groups in total. The van der Waals surface area contributed by atoms with Gasteiger partial charge in [-0.25, -0.2) is 0 Å². The first kappa shape index (κ1) is 19.3. The van der Waals surface area contributed by atoms with Crippen LogP contribution in [0.5, 0.6) is 5.75 Å². The van der Waals surface area contributed by atoms with Gasteiger partial charge in [0, 0.05) is 24.7 Å². The minimum Gasteiger partial charge on any atom is -0.486 e. The number of fused-ring (bicyclic) bond motifs is 1. The van der Waals surface area contributed by atoms with Crippen LogP contribution in [0.2, 0.25) is 0 Å². The van der Waals surface area contributed by atoms with E-state index in [0.717, 1.165) is 10.9 Å². The molecule has 4 rings (SSSR count). The van der Waals surface area contributed by atoms with Crippen molar-refractivity contribution in [3.05, 3.63) is 90.5 Å². The first-order valence-electron chi connectivity index (χ1n) is 9.59. The van der Waals surface area contributed by atoms with E-state index in [0.29, 0.717) is 18.1 Å². The number of hydrogen-bond donors (Lipinski definition) is 2. The quantitative estimate of drug-likeness (QED) is 0.461. The molecular weight excluding hydrogens is 382 g/mol. The predicted octanol–water partition coefficient (Wildman–Crippen LogP) is 3.66. The second-order valence-electron chi connectivity index (χ2n) is 6.69. The summed E-state index contributed by atoms with van der Waals surface area (Å²) in [5.74, 6) is 0.497. The fourth-order valence-corrected chi connectivity index (χ4v) is 3.06. The molecule has 30 heavy (non-hydrogen) atoms. The van der Waals surface area contributed by atoms with Gasteiger partial charge in [0.15, 0.2) is 5.76 Å². The summed E-state index contributed by atoms with van der Waals surface area (Å²) < 4.78 is 13.1. The zero-order valence-electron chi connectivity index (χ0n) is 16.2. The van der Waals surface area contributed by atoms with E-state index in [1.807, 2.05) is 71.4 Å². The Kier molecular flexibility index (Phi) is 5.80. The highest BCUT2D eigenvalue weighted by molar-refractivity contribution is 5.93. The lowest BCUT2D eigenvalue weighted by Gasteiger charge is -2.08. The third-order valence-corrected chi connectivity index (χ3v) is 4.59. The molecule has 0 aliphatic carbocycles. The molecule has 2 amide bonds. The number of furan rings is 1. The number of aromatic nitrogens is 1. The van der Waals surface area contributed by atoms with Gasteiger partial charge < -0.3 is 13.7 Å². The number of amides is 2. The van der Waals surface area contributed by atoms with E-state index in [9.17, 15) is 9.59 Å². The highest BCUT2D eigenvalue weighted by atomic mass is 16.5. The fourth-order valence-electron chi connectivity index (χ4n) is 3.06. The maximum absolute atomic E-state index is 12.2. The van der Waals surface area contributed by atoms with Gasteiger partial charge in [-0.3, -0.25) is 20.4 Å². The zero-order valence-corrected chi connectivity index (χ0v) is 16.2. The van der Waals surface area contributed by atoms with Crippen molar-refractivity contribution in [2.75, 3.05) is 0 Å². The van der Waals surface area contributed by atoms with Gasteiger partial charge in [0.25, 0.3) is 0 Å². The van der Waals surface area contributed by atoms with Gasteiger partial charge in [-0.15, -0.1) is 0 Å². The molecule has 0 fully saturated rings. The molecule has 0 atom stereocenters. The van der Waals surface area contributed by atoms with Crippen molar-refractivity contribution in [1.82, 2.24) is 15.4 Å². The summed E-state index contributed by atoms with van der Waals surface area (Å²) >= 11 is 0. The summed E-state index contributed by atoms with van der Waals surface area (Å²) in [6, 6.07) is 22.5. The van der Waals surface area contributed by atoms with Crippen LogP contribution in [0.3, 0.4) is 0 Å². The molecule has 0 saturated carbocycles. The van der Waals surface area contributed by atoms with Crippen LogP contribution < -0.4 is 15.6 Å². The summed E-state index contributed by atoms with van der Waals surface area (Å²) in [5.41, 5.74) is 5.85. The third kappa shape index (κ3) is 4.70. The Labute approximate surface area is 173 Å². The Bertz CT molecular complexity index is 1150. The van der Waals surface area contributed by atoms with Gasteiger partial charge in [-0.1, -0.05) is 36.4 Å². The molecule has 7 nitrogen and oxygen atoms in total. The standard InChI is InChI=1S/C23H21N3O4/c27-22(13-15-26-14-12-17-6-4-5-9-20(17)26)24-25-23(28)21-11-10-19(30-21)16-29-18-7-2-1-3-8-18/h1-12,14H,13,15-16H2,(H,24,27)(H,25,28). The molecular formula is C23H21N3O4. The largest absolute Gasteiger partial charge is 0.486 e. The normalized spacial score (nSPS) is 10.7. The Morgan fingerprint density at radius 1 is 0.900 bits per heavy atom. The molecule has 0 radical (unpaired) electrons. The Hall–Kier alpha value is -4.00. The van der Waals surface area contributed by atoms with Crippen LogP contribution in [-0.2, 0) is 17.9 Å². The second-order valence-corrected chi connectivity index (χ2v) is 6.69. The van der Waals surface area contributed by atoms with E-state index in [1.165, 1.54) is 6.07 Å². The van der Waals surface area contributed by atoms with Crippen molar-refractivity contribution >= 4 is 22.7 Å². The molecule has 0 bridgehead atoms. The molecule has 4 aromatic rings. The minimum atomic E-state index is -0.527. The van der Waals surface area contributed by atoms with Crippen molar-refractivity contribution in [2.24, 2.45) is 0 Å². The second kappa shape index (κ2) is 9.00. The molecule has 0 unspecified atom stereocenters. The molecule has 2 heterocycles. The first-order valence-corrected chi connectivity index (χ1v) is 9.59. The van der Waals surface area contributed by atoms with Crippen molar-refractivity contribution in [3.63, 3.8) is 0 Å². The fraction of sp³-hybridized carbons (Fsp3) is 0.130. The monoisotopic (exact) mass is 403 g/mol. The maximum Gasteiger partial charge on any atom is 0.305 e. The molecule has 2 aromatic heterocycles. The summed E-state index contributed by atoms with van der Waals surface area (Å²) in [6.45, 7) is 0.714. The van der Waals surface area contributed by atoms with E-state index in [4.69, 9.17) is 9.15 Å². The summed E-state index contributed by atoms with van der Waals surface area (Å²) in [6.07, 6.45) is 2.17. The first-order chi connectivity index (χ1) is 14.7. The van der Waals surface area contributed by atoms with Gasteiger partial charge in [0.2, 0.25) is 5.91 Å². The Morgan fingerprint density at radius 2 is 1.70 bits per heavy atom. The molecule has 7 heteroatoms.